The fourth-order valence-corrected chi connectivity index (χ4v) is 5.01. The van der Waals surface area contributed by atoms with Crippen LogP contribution < -0.4 is 9.80 Å². The summed E-state index contributed by atoms with van der Waals surface area (Å²) < 4.78 is 0. The van der Waals surface area contributed by atoms with Crippen LogP contribution in [0.1, 0.15) is 27.8 Å². The summed E-state index contributed by atoms with van der Waals surface area (Å²) in [6.07, 6.45) is 0.618. The minimum absolute atomic E-state index is 0.0593. The lowest BCUT2D eigenvalue weighted by Crippen LogP contribution is -2.53. The number of nitrogens with zero attached hydrogens (tertiary/aromatic N) is 4. The van der Waals surface area contributed by atoms with Crippen LogP contribution in [-0.2, 0) is 11.2 Å². The monoisotopic (exact) mass is 466 g/mol. The molecule has 3 aromatic rings. The van der Waals surface area contributed by atoms with Crippen molar-refractivity contribution in [3.63, 3.8) is 0 Å². The van der Waals surface area contributed by atoms with Crippen molar-refractivity contribution in [3.8, 4) is 0 Å². The third-order valence-corrected chi connectivity index (χ3v) is 7.27. The summed E-state index contributed by atoms with van der Waals surface area (Å²) in [7, 11) is 0. The van der Waals surface area contributed by atoms with Crippen molar-refractivity contribution in [1.29, 1.82) is 0 Å². The van der Waals surface area contributed by atoms with Crippen molar-refractivity contribution >= 4 is 23.2 Å². The van der Waals surface area contributed by atoms with Gasteiger partial charge < -0.3 is 9.80 Å². The van der Waals surface area contributed by atoms with Gasteiger partial charge in [-0.15, -0.1) is 0 Å². The van der Waals surface area contributed by atoms with Crippen LogP contribution in [0.4, 0.5) is 11.4 Å². The molecule has 0 radical (unpaired) electrons. The number of hydrogen-bond acceptors (Lipinski definition) is 4. The molecule has 180 valence electrons. The molecule has 2 aliphatic rings. The second-order valence-corrected chi connectivity index (χ2v) is 9.84. The Hall–Kier alpha value is -3.60. The number of anilines is 2. The van der Waals surface area contributed by atoms with E-state index in [2.05, 4.69) is 80.0 Å². The summed E-state index contributed by atoms with van der Waals surface area (Å²) in [6.45, 7) is 12.0. The number of guanidine groups is 1. The van der Waals surface area contributed by atoms with E-state index >= 15 is 0 Å². The number of rotatable bonds is 4. The normalized spacial score (nSPS) is 18.3. The predicted octanol–water partition coefficient (Wildman–Crippen LogP) is 5.06. The van der Waals surface area contributed by atoms with E-state index in [0.717, 1.165) is 43.4 Å². The molecule has 0 spiro atoms. The van der Waals surface area contributed by atoms with Crippen LogP contribution in [0, 0.1) is 27.7 Å². The molecule has 0 saturated carbocycles. The highest BCUT2D eigenvalue weighted by Gasteiger charge is 2.39. The average Bonchev–Trinajstić information content (AvgIpc) is 3.19. The number of benzene rings is 3. The zero-order valence-electron chi connectivity index (χ0n) is 21.2. The first kappa shape index (κ1) is 23.2. The van der Waals surface area contributed by atoms with Gasteiger partial charge in [-0.05, 0) is 73.7 Å². The van der Waals surface area contributed by atoms with E-state index in [0.29, 0.717) is 6.42 Å². The number of aliphatic imine (C=N–C) groups is 1. The van der Waals surface area contributed by atoms with Crippen molar-refractivity contribution in [3.05, 3.63) is 94.5 Å². The van der Waals surface area contributed by atoms with Gasteiger partial charge in [0.1, 0.15) is 6.04 Å². The van der Waals surface area contributed by atoms with Crippen molar-refractivity contribution in [2.75, 3.05) is 36.0 Å². The molecule has 5 rings (SSSR count). The van der Waals surface area contributed by atoms with E-state index < -0.39 is 6.04 Å². The number of hydrogen-bond donors (Lipinski definition) is 0. The smallest absolute Gasteiger partial charge is 0.259 e. The Kier molecular flexibility index (Phi) is 6.33. The van der Waals surface area contributed by atoms with Gasteiger partial charge in [0.2, 0.25) is 5.96 Å². The maximum absolute atomic E-state index is 13.7. The zero-order chi connectivity index (χ0) is 24.5. The molecule has 5 heteroatoms. The highest BCUT2D eigenvalue weighted by atomic mass is 16.2. The van der Waals surface area contributed by atoms with Gasteiger partial charge >= 0.3 is 0 Å². The summed E-state index contributed by atoms with van der Waals surface area (Å²) in [5, 5.41) is 0. The highest BCUT2D eigenvalue weighted by molar-refractivity contribution is 6.22. The quantitative estimate of drug-likeness (QED) is 0.540. The lowest BCUT2D eigenvalue weighted by atomic mass is 10.1. The number of amides is 1. The summed E-state index contributed by atoms with van der Waals surface area (Å²) in [5.41, 5.74) is 8.34. The molecule has 1 atom stereocenters. The van der Waals surface area contributed by atoms with Gasteiger partial charge in [-0.2, -0.15) is 0 Å². The first-order chi connectivity index (χ1) is 16.9. The molecule has 0 bridgehead atoms. The van der Waals surface area contributed by atoms with E-state index in [4.69, 9.17) is 4.99 Å². The molecule has 35 heavy (non-hydrogen) atoms. The second kappa shape index (κ2) is 9.57. The third-order valence-electron chi connectivity index (χ3n) is 7.27. The van der Waals surface area contributed by atoms with Crippen LogP contribution in [0.15, 0.2) is 71.7 Å². The van der Waals surface area contributed by atoms with Crippen LogP contribution in [-0.4, -0.2) is 49.0 Å². The molecular weight excluding hydrogens is 432 g/mol. The predicted molar refractivity (Wildman–Crippen MR) is 144 cm³/mol. The number of carbonyl (C=O) groups is 1. The Balaban J connectivity index is 1.41. The minimum atomic E-state index is -0.397. The van der Waals surface area contributed by atoms with Gasteiger partial charge in [-0.3, -0.25) is 4.79 Å². The van der Waals surface area contributed by atoms with Gasteiger partial charge in [-0.1, -0.05) is 48.5 Å². The maximum atomic E-state index is 13.7. The first-order valence-corrected chi connectivity index (χ1v) is 12.5. The zero-order valence-corrected chi connectivity index (χ0v) is 21.2. The fourth-order valence-electron chi connectivity index (χ4n) is 5.01. The summed E-state index contributed by atoms with van der Waals surface area (Å²) in [4.78, 5) is 25.3. The largest absolute Gasteiger partial charge is 0.368 e. The fraction of sp³-hybridized carbons (Fsp3) is 0.333. The average molecular weight is 467 g/mol. The molecule has 1 saturated heterocycles. The number of carbonyl (C=O) groups excluding carboxylic acids is 1. The number of aryl methyl sites for hydroxylation is 4. The Morgan fingerprint density at radius 3 is 2.17 bits per heavy atom. The molecule has 2 heterocycles. The summed E-state index contributed by atoms with van der Waals surface area (Å²) in [6, 6.07) is 22.7. The Morgan fingerprint density at radius 2 is 1.46 bits per heavy atom. The van der Waals surface area contributed by atoms with Crippen LogP contribution in [0.25, 0.3) is 0 Å². The lowest BCUT2D eigenvalue weighted by molar-refractivity contribution is -0.118. The topological polar surface area (TPSA) is 39.1 Å². The van der Waals surface area contributed by atoms with E-state index in [1.54, 1.807) is 0 Å². The first-order valence-electron chi connectivity index (χ1n) is 12.5. The van der Waals surface area contributed by atoms with E-state index in [-0.39, 0.29) is 5.91 Å². The summed E-state index contributed by atoms with van der Waals surface area (Å²) in [5.74, 6) is 0.851. The maximum Gasteiger partial charge on any atom is 0.259 e. The van der Waals surface area contributed by atoms with Gasteiger partial charge in [0.25, 0.3) is 5.91 Å². The lowest BCUT2D eigenvalue weighted by Gasteiger charge is -2.39. The molecule has 1 amide bonds. The Labute approximate surface area is 208 Å². The van der Waals surface area contributed by atoms with Gasteiger partial charge in [0.15, 0.2) is 0 Å². The van der Waals surface area contributed by atoms with Crippen LogP contribution >= 0.6 is 0 Å². The van der Waals surface area contributed by atoms with Gasteiger partial charge in [0.05, 0.1) is 5.69 Å². The van der Waals surface area contributed by atoms with E-state index in [1.165, 1.54) is 27.9 Å². The van der Waals surface area contributed by atoms with Gasteiger partial charge in [-0.25, -0.2) is 9.89 Å². The highest BCUT2D eigenvalue weighted by Crippen LogP contribution is 2.29. The Morgan fingerprint density at radius 1 is 0.771 bits per heavy atom. The molecule has 0 aliphatic carbocycles. The molecule has 1 fully saturated rings. The second-order valence-electron chi connectivity index (χ2n) is 9.84. The SMILES string of the molecule is Cc1ccc(C)c(N2CCN(C3=NC(Cc4ccccc4)C(=O)N3c3ccc(C)c(C)c3)CC2)c1. The minimum Gasteiger partial charge on any atom is -0.368 e. The van der Waals surface area contributed by atoms with E-state index in [1.807, 2.05) is 29.2 Å². The van der Waals surface area contributed by atoms with Crippen LogP contribution in [0.5, 0.6) is 0 Å². The van der Waals surface area contributed by atoms with Gasteiger partial charge in [0, 0.05) is 38.3 Å². The molecule has 5 nitrogen and oxygen atoms in total. The molecule has 0 N–H and O–H groups in total. The van der Waals surface area contributed by atoms with Crippen molar-refractivity contribution in [2.24, 2.45) is 4.99 Å². The van der Waals surface area contributed by atoms with Crippen molar-refractivity contribution in [2.45, 2.75) is 40.2 Å². The number of piperazine rings is 1. The Bertz CT molecular complexity index is 1260. The van der Waals surface area contributed by atoms with Crippen molar-refractivity contribution in [1.82, 2.24) is 4.90 Å². The third kappa shape index (κ3) is 4.68. The molecule has 2 aliphatic heterocycles. The van der Waals surface area contributed by atoms with E-state index in [9.17, 15) is 4.79 Å². The standard InChI is InChI=1S/C30H34N4O/c1-21-10-11-23(3)28(18-21)32-14-16-33(17-15-32)30-31-27(20-25-8-6-5-7-9-25)29(35)34(30)26-13-12-22(2)24(4)19-26/h5-13,18-19,27H,14-17,20H2,1-4H3. The summed E-state index contributed by atoms with van der Waals surface area (Å²) >= 11 is 0. The molecule has 3 aromatic carbocycles. The van der Waals surface area contributed by atoms with Crippen LogP contribution in [0.3, 0.4) is 0 Å². The molecular formula is C30H34N4O. The molecule has 1 unspecified atom stereocenters. The van der Waals surface area contributed by atoms with Crippen molar-refractivity contribution < 1.29 is 4.79 Å². The molecule has 0 aromatic heterocycles. The van der Waals surface area contributed by atoms with Crippen LogP contribution in [0.2, 0.25) is 0 Å².